The number of Topliss-reactive ketones (excluding diaryl/α,β-unsaturated/α-hetero) is 1. The van der Waals surface area contributed by atoms with Crippen LogP contribution < -0.4 is 10.1 Å². The number of carbonyl (C=O) groups excluding carboxylic acids is 1. The first-order valence-corrected chi connectivity index (χ1v) is 12.1. The summed E-state index contributed by atoms with van der Waals surface area (Å²) in [7, 11) is 0. The average Bonchev–Trinajstić information content (AvgIpc) is 3.29. The smallest absolute Gasteiger partial charge is 0.226 e. The first-order valence-electron chi connectivity index (χ1n) is 11.0. The Balaban J connectivity index is 1.46. The summed E-state index contributed by atoms with van der Waals surface area (Å²) >= 11 is 2.27. The molecule has 0 saturated carbocycles. The van der Waals surface area contributed by atoms with Gasteiger partial charge in [-0.2, -0.15) is 0 Å². The van der Waals surface area contributed by atoms with Crippen molar-refractivity contribution in [2.45, 2.75) is 26.4 Å². The fourth-order valence-electron chi connectivity index (χ4n) is 4.09. The van der Waals surface area contributed by atoms with Gasteiger partial charge in [-0.05, 0) is 84.0 Å². The molecule has 0 spiro atoms. The molecule has 3 aromatic carbocycles. The minimum atomic E-state index is -0.503. The van der Waals surface area contributed by atoms with E-state index < -0.39 is 6.10 Å². The van der Waals surface area contributed by atoms with Gasteiger partial charge in [-0.15, -0.1) is 0 Å². The van der Waals surface area contributed by atoms with Crippen LogP contribution in [0.15, 0.2) is 89.1 Å². The second-order valence-corrected chi connectivity index (χ2v) is 9.53. The zero-order valence-electron chi connectivity index (χ0n) is 18.8. The van der Waals surface area contributed by atoms with Gasteiger partial charge < -0.3 is 14.5 Å². The molecule has 1 aliphatic rings. The van der Waals surface area contributed by atoms with Crippen molar-refractivity contribution in [2.24, 2.45) is 0 Å². The highest BCUT2D eigenvalue weighted by atomic mass is 127. The fraction of sp³-hybridized carbons (Fsp3) is 0.143. The number of rotatable bonds is 5. The minimum absolute atomic E-state index is 0.0528. The number of nitrogens with one attached hydrogen (secondary N) is 1. The molecule has 5 rings (SSSR count). The first kappa shape index (κ1) is 22.4. The molecule has 0 fully saturated rings. The molecule has 6 heteroatoms. The molecule has 2 heterocycles. The Hall–Kier alpha value is -3.39. The van der Waals surface area contributed by atoms with Crippen LogP contribution in [0, 0.1) is 17.4 Å². The van der Waals surface area contributed by atoms with Crippen LogP contribution in [-0.2, 0) is 6.42 Å². The van der Waals surface area contributed by atoms with Crippen LogP contribution in [0.4, 0.5) is 5.69 Å². The molecule has 0 saturated heterocycles. The third-order valence-electron chi connectivity index (χ3n) is 5.89. The number of aromatic nitrogens is 1. The summed E-state index contributed by atoms with van der Waals surface area (Å²) in [6, 6.07) is 21.4. The number of ketones is 1. The average molecular weight is 562 g/mol. The molecule has 1 unspecified atom stereocenters. The van der Waals surface area contributed by atoms with E-state index in [1.165, 1.54) is 0 Å². The summed E-state index contributed by atoms with van der Waals surface area (Å²) in [5.74, 6) is 1.74. The van der Waals surface area contributed by atoms with Crippen molar-refractivity contribution in [2.75, 3.05) is 5.32 Å². The lowest BCUT2D eigenvalue weighted by Gasteiger charge is -2.27. The summed E-state index contributed by atoms with van der Waals surface area (Å²) in [5.41, 5.74) is 5.22. The van der Waals surface area contributed by atoms with Gasteiger partial charge in [0, 0.05) is 27.4 Å². The molecule has 170 valence electrons. The van der Waals surface area contributed by atoms with Gasteiger partial charge in [0.05, 0.1) is 17.3 Å². The topological polar surface area (TPSA) is 64.4 Å². The van der Waals surface area contributed by atoms with Gasteiger partial charge in [-0.3, -0.25) is 4.79 Å². The molecule has 0 aliphatic carbocycles. The third kappa shape index (κ3) is 4.50. The number of para-hydroxylation sites is 2. The molecule has 0 bridgehead atoms. The van der Waals surface area contributed by atoms with Crippen LogP contribution in [0.5, 0.6) is 5.75 Å². The molecular formula is C28H23IN2O3. The van der Waals surface area contributed by atoms with E-state index in [-0.39, 0.29) is 5.78 Å². The zero-order valence-corrected chi connectivity index (χ0v) is 21.0. The van der Waals surface area contributed by atoms with Crippen molar-refractivity contribution in [1.29, 1.82) is 0 Å². The number of hydrogen-bond acceptors (Lipinski definition) is 5. The van der Waals surface area contributed by atoms with Gasteiger partial charge in [0.25, 0.3) is 0 Å². The van der Waals surface area contributed by atoms with Crippen LogP contribution in [0.25, 0.3) is 11.5 Å². The zero-order chi connectivity index (χ0) is 23.7. The molecule has 1 atom stereocenters. The van der Waals surface area contributed by atoms with Gasteiger partial charge in [0.1, 0.15) is 17.6 Å². The van der Waals surface area contributed by atoms with E-state index in [1.807, 2.05) is 74.5 Å². The van der Waals surface area contributed by atoms with E-state index in [1.54, 1.807) is 18.5 Å². The second-order valence-electron chi connectivity index (χ2n) is 8.29. The number of benzene rings is 3. The van der Waals surface area contributed by atoms with Crippen molar-refractivity contribution < 1.29 is 13.9 Å². The molecule has 1 aliphatic heterocycles. The molecule has 0 amide bonds. The number of halogens is 1. The number of fused-ring (bicyclic) bond motifs is 1. The van der Waals surface area contributed by atoms with Crippen molar-refractivity contribution >= 4 is 34.1 Å². The van der Waals surface area contributed by atoms with Gasteiger partial charge in [-0.1, -0.05) is 30.3 Å². The predicted octanol–water partition coefficient (Wildman–Crippen LogP) is 6.75. The number of ether oxygens (including phenoxy) is 1. The summed E-state index contributed by atoms with van der Waals surface area (Å²) in [6.45, 7) is 4.08. The summed E-state index contributed by atoms with van der Waals surface area (Å²) in [5, 5.41) is 3.35. The molecule has 4 aromatic rings. The number of aryl methyl sites for hydroxylation is 2. The first-order chi connectivity index (χ1) is 16.5. The van der Waals surface area contributed by atoms with Crippen molar-refractivity contribution in [1.82, 2.24) is 4.98 Å². The molecule has 0 radical (unpaired) electrons. The number of nitrogens with zero attached hydrogens (tertiary/aromatic N) is 1. The Bertz CT molecular complexity index is 1370. The number of hydrogen-bond donors (Lipinski definition) is 1. The lowest BCUT2D eigenvalue weighted by Crippen LogP contribution is -2.32. The van der Waals surface area contributed by atoms with E-state index >= 15 is 0 Å². The van der Waals surface area contributed by atoms with Gasteiger partial charge in [-0.25, -0.2) is 4.98 Å². The third-order valence-corrected chi connectivity index (χ3v) is 6.61. The van der Waals surface area contributed by atoms with Crippen LogP contribution in [0.3, 0.4) is 0 Å². The van der Waals surface area contributed by atoms with Crippen LogP contribution >= 0.6 is 22.6 Å². The van der Waals surface area contributed by atoms with Crippen LogP contribution in [0.1, 0.15) is 27.2 Å². The van der Waals surface area contributed by atoms with E-state index in [0.717, 1.165) is 25.9 Å². The number of oxazole rings is 1. The highest BCUT2D eigenvalue weighted by molar-refractivity contribution is 14.1. The Morgan fingerprint density at radius 1 is 1.00 bits per heavy atom. The standard InChI is InChI=1S/C28H23IN2O3/c1-17-6-5-7-18(2)26(17)30-16-23-25(34-24-9-4-3-8-22(24)27(23)32)14-21-15-31-28(33-21)19-10-12-20(29)13-11-19/h3-13,15-16,25,30H,14H2,1-2H3/b23-16-. The lowest BCUT2D eigenvalue weighted by molar-refractivity contribution is 0.0958. The molecule has 1 aromatic heterocycles. The Morgan fingerprint density at radius 2 is 1.74 bits per heavy atom. The summed E-state index contributed by atoms with van der Waals surface area (Å²) in [6.07, 6.45) is 3.36. The largest absolute Gasteiger partial charge is 0.484 e. The Morgan fingerprint density at radius 3 is 2.50 bits per heavy atom. The van der Waals surface area contributed by atoms with E-state index in [9.17, 15) is 4.79 Å². The normalized spacial score (nSPS) is 16.3. The maximum atomic E-state index is 13.4. The Kier molecular flexibility index (Phi) is 6.24. The van der Waals surface area contributed by atoms with E-state index in [2.05, 4.69) is 32.9 Å². The van der Waals surface area contributed by atoms with Crippen molar-refractivity contribution in [3.63, 3.8) is 0 Å². The van der Waals surface area contributed by atoms with E-state index in [4.69, 9.17) is 9.15 Å². The summed E-state index contributed by atoms with van der Waals surface area (Å²) in [4.78, 5) is 17.9. The van der Waals surface area contributed by atoms with Gasteiger partial charge in [0.15, 0.2) is 5.78 Å². The summed E-state index contributed by atoms with van der Waals surface area (Å²) < 4.78 is 13.5. The highest BCUT2D eigenvalue weighted by Crippen LogP contribution is 2.33. The van der Waals surface area contributed by atoms with Gasteiger partial charge >= 0.3 is 0 Å². The molecule has 1 N–H and O–H groups in total. The fourth-order valence-corrected chi connectivity index (χ4v) is 4.45. The maximum absolute atomic E-state index is 13.4. The minimum Gasteiger partial charge on any atom is -0.484 e. The van der Waals surface area contributed by atoms with E-state index in [0.29, 0.717) is 35.0 Å². The molecule has 5 nitrogen and oxygen atoms in total. The quantitative estimate of drug-likeness (QED) is 0.216. The second kappa shape index (κ2) is 9.46. The SMILES string of the molecule is Cc1cccc(C)c1N/C=C1\C(=O)c2ccccc2OC1Cc1cnc(-c2ccc(I)cc2)o1. The van der Waals surface area contributed by atoms with Crippen LogP contribution in [-0.4, -0.2) is 16.9 Å². The maximum Gasteiger partial charge on any atom is 0.226 e. The molecule has 34 heavy (non-hydrogen) atoms. The Labute approximate surface area is 212 Å². The number of anilines is 1. The lowest BCUT2D eigenvalue weighted by atomic mass is 9.93. The monoisotopic (exact) mass is 562 g/mol. The van der Waals surface area contributed by atoms with Crippen molar-refractivity contribution in [3.8, 4) is 17.2 Å². The molecular weight excluding hydrogens is 539 g/mol. The van der Waals surface area contributed by atoms with Crippen molar-refractivity contribution in [3.05, 3.63) is 111 Å². The highest BCUT2D eigenvalue weighted by Gasteiger charge is 2.32. The predicted molar refractivity (Wildman–Crippen MR) is 141 cm³/mol. The van der Waals surface area contributed by atoms with Crippen LogP contribution in [0.2, 0.25) is 0 Å². The van der Waals surface area contributed by atoms with Gasteiger partial charge in [0.2, 0.25) is 5.89 Å². The number of carbonyl (C=O) groups is 1.